The van der Waals surface area contributed by atoms with Gasteiger partial charge < -0.3 is 5.32 Å². The lowest BCUT2D eigenvalue weighted by Crippen LogP contribution is -2.24. The van der Waals surface area contributed by atoms with Gasteiger partial charge in [-0.05, 0) is 51.3 Å². The fourth-order valence-corrected chi connectivity index (χ4v) is 2.24. The van der Waals surface area contributed by atoms with Crippen LogP contribution in [0.2, 0.25) is 0 Å². The summed E-state index contributed by atoms with van der Waals surface area (Å²) in [7, 11) is 2.03. The summed E-state index contributed by atoms with van der Waals surface area (Å²) in [5, 5.41) is 7.85. The molecule has 0 radical (unpaired) electrons. The van der Waals surface area contributed by atoms with Crippen LogP contribution in [0.25, 0.3) is 0 Å². The van der Waals surface area contributed by atoms with Crippen molar-refractivity contribution in [3.63, 3.8) is 0 Å². The van der Waals surface area contributed by atoms with Gasteiger partial charge in [0.1, 0.15) is 0 Å². The molecular formula is C11H19N3. The molecule has 1 aromatic heterocycles. The minimum Gasteiger partial charge on any atom is -0.319 e. The zero-order valence-corrected chi connectivity index (χ0v) is 9.08. The molecule has 2 rings (SSSR count). The van der Waals surface area contributed by atoms with Gasteiger partial charge in [0.15, 0.2) is 0 Å². The number of aryl methyl sites for hydroxylation is 2. The number of nitrogens with zero attached hydrogens (tertiary/aromatic N) is 2. The second-order valence-electron chi connectivity index (χ2n) is 4.12. The second kappa shape index (κ2) is 4.13. The summed E-state index contributed by atoms with van der Waals surface area (Å²) in [4.78, 5) is 0. The van der Waals surface area contributed by atoms with Crippen LogP contribution in [0.4, 0.5) is 0 Å². The molecule has 0 saturated carbocycles. The summed E-state index contributed by atoms with van der Waals surface area (Å²) >= 11 is 0. The molecule has 1 heterocycles. The first-order chi connectivity index (χ1) is 6.83. The highest BCUT2D eigenvalue weighted by molar-refractivity contribution is 5.20. The number of aromatic nitrogens is 2. The van der Waals surface area contributed by atoms with Crippen LogP contribution < -0.4 is 5.32 Å². The van der Waals surface area contributed by atoms with E-state index in [4.69, 9.17) is 0 Å². The third-order valence-corrected chi connectivity index (χ3v) is 3.05. The van der Waals surface area contributed by atoms with Gasteiger partial charge in [-0.3, -0.25) is 4.68 Å². The monoisotopic (exact) mass is 193 g/mol. The maximum Gasteiger partial charge on any atom is 0.0659 e. The molecule has 1 atom stereocenters. The molecule has 0 bridgehead atoms. The Morgan fingerprint density at radius 2 is 2.50 bits per heavy atom. The molecule has 0 aromatic carbocycles. The lowest BCUT2D eigenvalue weighted by molar-refractivity contribution is 0.434. The van der Waals surface area contributed by atoms with Gasteiger partial charge >= 0.3 is 0 Å². The summed E-state index contributed by atoms with van der Waals surface area (Å²) < 4.78 is 2.06. The lowest BCUT2D eigenvalue weighted by Gasteiger charge is -2.20. The third kappa shape index (κ3) is 1.82. The molecule has 1 aromatic rings. The minimum atomic E-state index is 0.785. The van der Waals surface area contributed by atoms with Crippen molar-refractivity contribution in [1.82, 2.24) is 15.1 Å². The highest BCUT2D eigenvalue weighted by Crippen LogP contribution is 2.23. The van der Waals surface area contributed by atoms with E-state index in [2.05, 4.69) is 28.2 Å². The van der Waals surface area contributed by atoms with Crippen LogP contribution in [0, 0.1) is 5.92 Å². The molecule has 0 aliphatic heterocycles. The van der Waals surface area contributed by atoms with Crippen LogP contribution in [-0.4, -0.2) is 23.4 Å². The fraction of sp³-hybridized carbons (Fsp3) is 0.727. The Labute approximate surface area is 85.5 Å². The smallest absolute Gasteiger partial charge is 0.0659 e. The van der Waals surface area contributed by atoms with Gasteiger partial charge in [-0.1, -0.05) is 0 Å². The van der Waals surface area contributed by atoms with E-state index in [9.17, 15) is 0 Å². The molecule has 3 nitrogen and oxygen atoms in total. The highest BCUT2D eigenvalue weighted by Gasteiger charge is 2.20. The number of rotatable bonds is 3. The number of hydrogen-bond acceptors (Lipinski definition) is 2. The molecule has 78 valence electrons. The quantitative estimate of drug-likeness (QED) is 0.782. The van der Waals surface area contributed by atoms with E-state index in [0.717, 1.165) is 25.4 Å². The molecule has 0 saturated heterocycles. The first-order valence-corrected chi connectivity index (χ1v) is 5.53. The second-order valence-corrected chi connectivity index (χ2v) is 4.12. The van der Waals surface area contributed by atoms with E-state index >= 15 is 0 Å². The fourth-order valence-electron chi connectivity index (χ4n) is 2.24. The normalized spacial score (nSPS) is 20.9. The zero-order valence-electron chi connectivity index (χ0n) is 9.08. The number of nitrogens with one attached hydrogen (secondary N) is 1. The predicted molar refractivity (Wildman–Crippen MR) is 57.3 cm³/mol. The van der Waals surface area contributed by atoms with E-state index in [1.807, 2.05) is 7.05 Å². The highest BCUT2D eigenvalue weighted by atomic mass is 15.3. The molecule has 1 unspecified atom stereocenters. The summed E-state index contributed by atoms with van der Waals surface area (Å²) in [6.45, 7) is 4.26. The molecule has 3 heteroatoms. The molecule has 0 spiro atoms. The van der Waals surface area contributed by atoms with Crippen molar-refractivity contribution in [2.45, 2.75) is 32.7 Å². The number of fused-ring (bicyclic) bond motifs is 1. The van der Waals surface area contributed by atoms with Crippen molar-refractivity contribution >= 4 is 0 Å². The maximum absolute atomic E-state index is 4.59. The standard InChI is InChI=1S/C11H19N3/c1-3-14-8-10-5-4-9(7-12-2)6-11(10)13-14/h8-9,12H,3-7H2,1-2H3. The molecule has 1 N–H and O–H groups in total. The Hall–Kier alpha value is -0.830. The molecule has 14 heavy (non-hydrogen) atoms. The van der Waals surface area contributed by atoms with Gasteiger partial charge in [0.25, 0.3) is 0 Å². The molecule has 1 aliphatic carbocycles. The summed E-state index contributed by atoms with van der Waals surface area (Å²) in [5.41, 5.74) is 2.80. The van der Waals surface area contributed by atoms with Crippen LogP contribution in [0.5, 0.6) is 0 Å². The maximum atomic E-state index is 4.59. The van der Waals surface area contributed by atoms with Gasteiger partial charge in [0.05, 0.1) is 5.69 Å². The van der Waals surface area contributed by atoms with Crippen molar-refractivity contribution in [3.8, 4) is 0 Å². The molecule has 1 aliphatic rings. The van der Waals surface area contributed by atoms with E-state index in [1.54, 1.807) is 0 Å². The van der Waals surface area contributed by atoms with Crippen molar-refractivity contribution in [3.05, 3.63) is 17.5 Å². The summed E-state index contributed by atoms with van der Waals surface area (Å²) in [6, 6.07) is 0. The van der Waals surface area contributed by atoms with Gasteiger partial charge in [-0.15, -0.1) is 0 Å². The van der Waals surface area contributed by atoms with Crippen molar-refractivity contribution in [2.24, 2.45) is 5.92 Å². The number of hydrogen-bond donors (Lipinski definition) is 1. The summed E-state index contributed by atoms with van der Waals surface area (Å²) in [6.07, 6.45) is 5.89. The van der Waals surface area contributed by atoms with E-state index in [-0.39, 0.29) is 0 Å². The van der Waals surface area contributed by atoms with Crippen LogP contribution in [0.15, 0.2) is 6.20 Å². The third-order valence-electron chi connectivity index (χ3n) is 3.05. The van der Waals surface area contributed by atoms with Crippen LogP contribution in [0.3, 0.4) is 0 Å². The van der Waals surface area contributed by atoms with E-state index in [1.165, 1.54) is 24.1 Å². The topological polar surface area (TPSA) is 29.9 Å². The van der Waals surface area contributed by atoms with E-state index in [0.29, 0.717) is 0 Å². The molecule has 0 amide bonds. The lowest BCUT2D eigenvalue weighted by atomic mass is 9.88. The zero-order chi connectivity index (χ0) is 9.97. The average Bonchev–Trinajstić information content (AvgIpc) is 2.60. The first kappa shape index (κ1) is 9.71. The SMILES string of the molecule is CCn1cc2c(n1)CC(CNC)CC2. The Bertz CT molecular complexity index is 303. The van der Waals surface area contributed by atoms with Gasteiger partial charge in [-0.2, -0.15) is 5.10 Å². The Morgan fingerprint density at radius 3 is 3.21 bits per heavy atom. The average molecular weight is 193 g/mol. The Morgan fingerprint density at radius 1 is 1.64 bits per heavy atom. The molecule has 0 fully saturated rings. The van der Waals surface area contributed by atoms with Gasteiger partial charge in [0, 0.05) is 12.7 Å². The van der Waals surface area contributed by atoms with Crippen molar-refractivity contribution < 1.29 is 0 Å². The van der Waals surface area contributed by atoms with Gasteiger partial charge in [-0.25, -0.2) is 0 Å². The van der Waals surface area contributed by atoms with Crippen molar-refractivity contribution in [1.29, 1.82) is 0 Å². The van der Waals surface area contributed by atoms with Crippen LogP contribution in [0.1, 0.15) is 24.6 Å². The minimum absolute atomic E-state index is 0.785. The summed E-state index contributed by atoms with van der Waals surface area (Å²) in [5.74, 6) is 0.785. The van der Waals surface area contributed by atoms with Crippen LogP contribution >= 0.6 is 0 Å². The Kier molecular flexibility index (Phi) is 2.87. The van der Waals surface area contributed by atoms with Crippen LogP contribution in [-0.2, 0) is 19.4 Å². The van der Waals surface area contributed by atoms with Crippen molar-refractivity contribution in [2.75, 3.05) is 13.6 Å². The largest absolute Gasteiger partial charge is 0.319 e. The van der Waals surface area contributed by atoms with E-state index < -0.39 is 0 Å². The first-order valence-electron chi connectivity index (χ1n) is 5.53. The predicted octanol–water partition coefficient (Wildman–Crippen LogP) is 1.23. The van der Waals surface area contributed by atoms with Gasteiger partial charge in [0.2, 0.25) is 0 Å². The Balaban J connectivity index is 2.09. The molecular weight excluding hydrogens is 174 g/mol.